The highest BCUT2D eigenvalue weighted by Crippen LogP contribution is 2.24. The van der Waals surface area contributed by atoms with Gasteiger partial charge in [0.1, 0.15) is 5.75 Å². The summed E-state index contributed by atoms with van der Waals surface area (Å²) in [4.78, 5) is 13.9. The van der Waals surface area contributed by atoms with Crippen LogP contribution < -0.4 is 10.1 Å². The minimum Gasteiger partial charge on any atom is -0.494 e. The van der Waals surface area contributed by atoms with Gasteiger partial charge in [-0.3, -0.25) is 9.69 Å². The van der Waals surface area contributed by atoms with Gasteiger partial charge in [-0.05, 0) is 42.0 Å². The van der Waals surface area contributed by atoms with Crippen LogP contribution in [0.2, 0.25) is 0 Å². The van der Waals surface area contributed by atoms with Gasteiger partial charge in [0.25, 0.3) is 0 Å². The third-order valence-electron chi connectivity index (χ3n) is 5.22. The van der Waals surface area contributed by atoms with E-state index in [1.807, 2.05) is 0 Å². The summed E-state index contributed by atoms with van der Waals surface area (Å²) in [6.45, 7) is 10.2. The Balaban J connectivity index is 1.76. The molecule has 1 fully saturated rings. The Labute approximate surface area is 159 Å². The fourth-order valence-electron chi connectivity index (χ4n) is 3.51. The van der Waals surface area contributed by atoms with Gasteiger partial charge in [0, 0.05) is 26.7 Å². The third-order valence-corrected chi connectivity index (χ3v) is 5.22. The number of nitrogens with zero attached hydrogens (tertiary/aromatic N) is 1. The van der Waals surface area contributed by atoms with Gasteiger partial charge in [-0.1, -0.05) is 46.1 Å². The molecule has 4 nitrogen and oxygen atoms in total. The largest absolute Gasteiger partial charge is 0.494 e. The molecule has 0 radical (unpaired) electrons. The van der Waals surface area contributed by atoms with E-state index in [4.69, 9.17) is 4.74 Å². The van der Waals surface area contributed by atoms with E-state index >= 15 is 0 Å². The maximum absolute atomic E-state index is 11.6. The summed E-state index contributed by atoms with van der Waals surface area (Å²) in [5.41, 5.74) is 2.71. The van der Waals surface area contributed by atoms with Crippen molar-refractivity contribution >= 4 is 5.91 Å². The van der Waals surface area contributed by atoms with Gasteiger partial charge in [0.05, 0.1) is 12.5 Å². The molecule has 1 aliphatic heterocycles. The monoisotopic (exact) mass is 360 g/mol. The van der Waals surface area contributed by atoms with Crippen molar-refractivity contribution in [3.63, 3.8) is 0 Å². The van der Waals surface area contributed by atoms with Crippen molar-refractivity contribution in [2.45, 2.75) is 59.4 Å². The zero-order chi connectivity index (χ0) is 18.9. The van der Waals surface area contributed by atoms with E-state index in [2.05, 4.69) is 49.2 Å². The smallest absolute Gasteiger partial charge is 0.225 e. The van der Waals surface area contributed by atoms with Crippen LogP contribution in [0, 0.1) is 11.8 Å². The van der Waals surface area contributed by atoms with Crippen molar-refractivity contribution in [1.82, 2.24) is 10.2 Å². The van der Waals surface area contributed by atoms with Crippen LogP contribution in [0.15, 0.2) is 18.2 Å². The summed E-state index contributed by atoms with van der Waals surface area (Å²) < 4.78 is 5.95. The van der Waals surface area contributed by atoms with E-state index in [1.54, 1.807) is 7.05 Å². The molecule has 1 saturated heterocycles. The standard InChI is InChI=1S/C22H36N2O2/c1-5-18-13-21(26-12-8-6-7-9-17(2)3)11-10-19(18)14-24-15-20(16-24)22(25)23-4/h10-11,13,17,20H,5-9,12,14-16H2,1-4H3,(H,23,25). The van der Waals surface area contributed by atoms with E-state index in [-0.39, 0.29) is 11.8 Å². The Morgan fingerprint density at radius 2 is 2.00 bits per heavy atom. The first-order valence-corrected chi connectivity index (χ1v) is 10.2. The van der Waals surface area contributed by atoms with E-state index in [0.717, 1.165) is 50.8 Å². The number of amides is 1. The van der Waals surface area contributed by atoms with Gasteiger partial charge < -0.3 is 10.1 Å². The zero-order valence-electron chi connectivity index (χ0n) is 17.0. The van der Waals surface area contributed by atoms with Crippen LogP contribution in [-0.2, 0) is 17.8 Å². The Kier molecular flexibility index (Phi) is 8.43. The second kappa shape index (κ2) is 10.6. The fourth-order valence-corrected chi connectivity index (χ4v) is 3.51. The normalized spacial score (nSPS) is 15.1. The van der Waals surface area contributed by atoms with Gasteiger partial charge in [0.2, 0.25) is 5.91 Å². The van der Waals surface area contributed by atoms with Crippen LogP contribution in [0.4, 0.5) is 0 Å². The number of hydrogen-bond donors (Lipinski definition) is 1. The number of hydrogen-bond acceptors (Lipinski definition) is 3. The lowest BCUT2D eigenvalue weighted by Gasteiger charge is -2.38. The van der Waals surface area contributed by atoms with Gasteiger partial charge in [0.15, 0.2) is 0 Å². The van der Waals surface area contributed by atoms with Crippen molar-refractivity contribution in [1.29, 1.82) is 0 Å². The lowest BCUT2D eigenvalue weighted by atomic mass is 9.96. The van der Waals surface area contributed by atoms with E-state index in [1.165, 1.54) is 30.4 Å². The highest BCUT2D eigenvalue weighted by atomic mass is 16.5. The number of ether oxygens (including phenoxy) is 1. The van der Waals surface area contributed by atoms with Gasteiger partial charge in [-0.25, -0.2) is 0 Å². The van der Waals surface area contributed by atoms with Crippen LogP contribution in [0.5, 0.6) is 5.75 Å². The fraction of sp³-hybridized carbons (Fsp3) is 0.682. The van der Waals surface area contributed by atoms with E-state index in [9.17, 15) is 4.79 Å². The number of likely N-dealkylation sites (tertiary alicyclic amines) is 1. The molecule has 2 rings (SSSR count). The highest BCUT2D eigenvalue weighted by molar-refractivity contribution is 5.79. The van der Waals surface area contributed by atoms with Gasteiger partial charge >= 0.3 is 0 Å². The molecule has 1 heterocycles. The molecule has 0 atom stereocenters. The lowest BCUT2D eigenvalue weighted by Crippen LogP contribution is -2.52. The molecule has 1 N–H and O–H groups in total. The molecule has 1 amide bonds. The number of benzene rings is 1. The van der Waals surface area contributed by atoms with E-state index in [0.29, 0.717) is 0 Å². The van der Waals surface area contributed by atoms with Gasteiger partial charge in [-0.15, -0.1) is 0 Å². The average molecular weight is 361 g/mol. The molecular weight excluding hydrogens is 324 g/mol. The number of carbonyl (C=O) groups is 1. The van der Waals surface area contributed by atoms with Crippen molar-refractivity contribution < 1.29 is 9.53 Å². The molecule has 26 heavy (non-hydrogen) atoms. The Morgan fingerprint density at radius 3 is 2.65 bits per heavy atom. The first kappa shape index (κ1) is 20.8. The molecule has 4 heteroatoms. The predicted molar refractivity (Wildman–Crippen MR) is 107 cm³/mol. The number of nitrogens with one attached hydrogen (secondary N) is 1. The summed E-state index contributed by atoms with van der Waals surface area (Å²) in [5.74, 6) is 2.10. The minimum absolute atomic E-state index is 0.156. The maximum Gasteiger partial charge on any atom is 0.225 e. The highest BCUT2D eigenvalue weighted by Gasteiger charge is 2.31. The molecule has 1 aromatic carbocycles. The average Bonchev–Trinajstić information content (AvgIpc) is 2.60. The minimum atomic E-state index is 0.156. The summed E-state index contributed by atoms with van der Waals surface area (Å²) >= 11 is 0. The lowest BCUT2D eigenvalue weighted by molar-refractivity contribution is -0.129. The SMILES string of the molecule is CCc1cc(OCCCCCC(C)C)ccc1CN1CC(C(=O)NC)C1. The molecule has 1 aliphatic rings. The maximum atomic E-state index is 11.6. The third kappa shape index (κ3) is 6.31. The summed E-state index contributed by atoms with van der Waals surface area (Å²) in [6.07, 6.45) is 6.00. The molecule has 0 spiro atoms. The van der Waals surface area contributed by atoms with Crippen molar-refractivity contribution in [2.75, 3.05) is 26.7 Å². The van der Waals surface area contributed by atoms with Gasteiger partial charge in [-0.2, -0.15) is 0 Å². The molecule has 0 saturated carbocycles. The van der Waals surface area contributed by atoms with Crippen molar-refractivity contribution in [3.05, 3.63) is 29.3 Å². The van der Waals surface area contributed by atoms with Crippen LogP contribution >= 0.6 is 0 Å². The molecule has 146 valence electrons. The quantitative estimate of drug-likeness (QED) is 0.606. The number of carbonyl (C=O) groups excluding carboxylic acids is 1. The van der Waals surface area contributed by atoms with Crippen molar-refractivity contribution in [3.8, 4) is 5.75 Å². The zero-order valence-corrected chi connectivity index (χ0v) is 17.0. The second-order valence-electron chi connectivity index (χ2n) is 7.88. The Morgan fingerprint density at radius 1 is 1.23 bits per heavy atom. The summed E-state index contributed by atoms with van der Waals surface area (Å²) in [7, 11) is 1.71. The van der Waals surface area contributed by atoms with E-state index < -0.39 is 0 Å². The predicted octanol–water partition coefficient (Wildman–Crippen LogP) is 4.02. The summed E-state index contributed by atoms with van der Waals surface area (Å²) in [5, 5.41) is 2.74. The number of unbranched alkanes of at least 4 members (excludes halogenated alkanes) is 2. The molecule has 0 unspecified atom stereocenters. The number of aryl methyl sites for hydroxylation is 1. The van der Waals surface area contributed by atoms with Crippen LogP contribution in [0.25, 0.3) is 0 Å². The summed E-state index contributed by atoms with van der Waals surface area (Å²) in [6, 6.07) is 6.48. The Hall–Kier alpha value is -1.55. The first-order valence-electron chi connectivity index (χ1n) is 10.2. The molecule has 0 bridgehead atoms. The van der Waals surface area contributed by atoms with Crippen LogP contribution in [0.1, 0.15) is 57.6 Å². The number of rotatable bonds is 11. The molecule has 0 aromatic heterocycles. The Bertz CT molecular complexity index is 565. The van der Waals surface area contributed by atoms with Crippen LogP contribution in [-0.4, -0.2) is 37.6 Å². The molecular formula is C22H36N2O2. The second-order valence-corrected chi connectivity index (χ2v) is 7.88. The van der Waals surface area contributed by atoms with Crippen LogP contribution in [0.3, 0.4) is 0 Å². The molecule has 0 aliphatic carbocycles. The van der Waals surface area contributed by atoms with Crippen molar-refractivity contribution in [2.24, 2.45) is 11.8 Å². The molecule has 1 aromatic rings. The topological polar surface area (TPSA) is 41.6 Å². The first-order chi connectivity index (χ1) is 12.5.